The standard InChI is InChI=1S/C27H32N2/c1-3-5-12-24-18-16-22-14-15-23-17-19-25(13-6-4-2)29(27(23)26(22)28-24)20-21-10-8-7-9-11-21/h7-11,14-19,25H,3-6,12-13,20H2,1-2H3. The first-order valence-electron chi connectivity index (χ1n) is 11.2. The van der Waals surface area contributed by atoms with E-state index >= 15 is 0 Å². The van der Waals surface area contributed by atoms with Crippen molar-refractivity contribution in [2.24, 2.45) is 0 Å². The van der Waals surface area contributed by atoms with Gasteiger partial charge in [0.05, 0.1) is 11.2 Å². The van der Waals surface area contributed by atoms with Gasteiger partial charge in [-0.1, -0.05) is 93.8 Å². The third-order valence-corrected chi connectivity index (χ3v) is 5.95. The summed E-state index contributed by atoms with van der Waals surface area (Å²) in [7, 11) is 0. The Kier molecular flexibility index (Phi) is 6.29. The highest BCUT2D eigenvalue weighted by molar-refractivity contribution is 5.97. The average Bonchev–Trinajstić information content (AvgIpc) is 2.77. The fraction of sp³-hybridized carbons (Fsp3) is 0.370. The molecule has 4 rings (SSSR count). The third kappa shape index (κ3) is 4.37. The number of unbranched alkanes of at least 4 members (excludes halogenated alkanes) is 2. The van der Waals surface area contributed by atoms with Gasteiger partial charge in [-0.15, -0.1) is 0 Å². The fourth-order valence-electron chi connectivity index (χ4n) is 4.29. The predicted octanol–water partition coefficient (Wildman–Crippen LogP) is 7.17. The van der Waals surface area contributed by atoms with Crippen LogP contribution in [0.15, 0.2) is 60.7 Å². The molecule has 1 aliphatic rings. The van der Waals surface area contributed by atoms with Gasteiger partial charge in [-0.2, -0.15) is 0 Å². The maximum Gasteiger partial charge on any atom is 0.0945 e. The van der Waals surface area contributed by atoms with Crippen molar-refractivity contribution in [3.63, 3.8) is 0 Å². The Morgan fingerprint density at radius 1 is 0.897 bits per heavy atom. The lowest BCUT2D eigenvalue weighted by Crippen LogP contribution is -2.36. The number of fused-ring (bicyclic) bond motifs is 3. The summed E-state index contributed by atoms with van der Waals surface area (Å²) in [5.41, 5.74) is 6.34. The predicted molar refractivity (Wildman–Crippen MR) is 125 cm³/mol. The highest BCUT2D eigenvalue weighted by atomic mass is 15.2. The van der Waals surface area contributed by atoms with Gasteiger partial charge < -0.3 is 4.90 Å². The smallest absolute Gasteiger partial charge is 0.0945 e. The molecule has 0 radical (unpaired) electrons. The van der Waals surface area contributed by atoms with Gasteiger partial charge in [-0.05, 0) is 36.5 Å². The second-order valence-corrected chi connectivity index (χ2v) is 8.16. The topological polar surface area (TPSA) is 16.1 Å². The van der Waals surface area contributed by atoms with Gasteiger partial charge in [-0.25, -0.2) is 0 Å². The highest BCUT2D eigenvalue weighted by Gasteiger charge is 2.25. The van der Waals surface area contributed by atoms with Crippen molar-refractivity contribution in [1.82, 2.24) is 4.98 Å². The van der Waals surface area contributed by atoms with E-state index < -0.39 is 0 Å². The van der Waals surface area contributed by atoms with E-state index in [1.165, 1.54) is 60.0 Å². The number of benzene rings is 2. The molecule has 2 heteroatoms. The minimum Gasteiger partial charge on any atom is -0.359 e. The molecule has 0 N–H and O–H groups in total. The molecule has 0 bridgehead atoms. The number of nitrogens with zero attached hydrogens (tertiary/aromatic N) is 2. The molecule has 2 nitrogen and oxygen atoms in total. The van der Waals surface area contributed by atoms with Crippen LogP contribution in [0.3, 0.4) is 0 Å². The number of rotatable bonds is 8. The van der Waals surface area contributed by atoms with Crippen molar-refractivity contribution in [3.05, 3.63) is 77.5 Å². The molecule has 0 saturated carbocycles. The lowest BCUT2D eigenvalue weighted by molar-refractivity contribution is 0.594. The Hall–Kier alpha value is -2.61. The lowest BCUT2D eigenvalue weighted by atomic mass is 9.96. The van der Waals surface area contributed by atoms with Crippen LogP contribution < -0.4 is 4.90 Å². The second-order valence-electron chi connectivity index (χ2n) is 8.16. The van der Waals surface area contributed by atoms with Gasteiger partial charge in [0.25, 0.3) is 0 Å². The summed E-state index contributed by atoms with van der Waals surface area (Å²) in [6.45, 7) is 5.44. The monoisotopic (exact) mass is 384 g/mol. The van der Waals surface area contributed by atoms with E-state index in [4.69, 9.17) is 4.98 Å². The van der Waals surface area contributed by atoms with Crippen molar-refractivity contribution < 1.29 is 0 Å². The molecule has 1 aromatic heterocycles. The first-order chi connectivity index (χ1) is 14.3. The van der Waals surface area contributed by atoms with Crippen LogP contribution in [-0.2, 0) is 13.0 Å². The van der Waals surface area contributed by atoms with Crippen molar-refractivity contribution in [2.75, 3.05) is 4.90 Å². The summed E-state index contributed by atoms with van der Waals surface area (Å²) in [5, 5.41) is 1.24. The molecule has 3 aromatic rings. The third-order valence-electron chi connectivity index (χ3n) is 5.95. The van der Waals surface area contributed by atoms with Crippen LogP contribution >= 0.6 is 0 Å². The van der Waals surface area contributed by atoms with Gasteiger partial charge in [0, 0.05) is 23.7 Å². The second kappa shape index (κ2) is 9.26. The van der Waals surface area contributed by atoms with Gasteiger partial charge >= 0.3 is 0 Å². The van der Waals surface area contributed by atoms with E-state index in [1.807, 2.05) is 0 Å². The van der Waals surface area contributed by atoms with E-state index in [-0.39, 0.29) is 0 Å². The molecule has 0 spiro atoms. The van der Waals surface area contributed by atoms with Crippen LogP contribution in [0, 0.1) is 0 Å². The van der Waals surface area contributed by atoms with Gasteiger partial charge in [0.2, 0.25) is 0 Å². The Morgan fingerprint density at radius 3 is 2.48 bits per heavy atom. The van der Waals surface area contributed by atoms with E-state index in [1.54, 1.807) is 0 Å². The van der Waals surface area contributed by atoms with E-state index in [0.29, 0.717) is 6.04 Å². The zero-order chi connectivity index (χ0) is 20.1. The van der Waals surface area contributed by atoms with Crippen LogP contribution in [0.1, 0.15) is 62.8 Å². The minimum absolute atomic E-state index is 0.425. The normalized spacial score (nSPS) is 15.7. The molecule has 29 heavy (non-hydrogen) atoms. The zero-order valence-corrected chi connectivity index (χ0v) is 17.8. The number of anilines is 1. The number of hydrogen-bond donors (Lipinski definition) is 0. The molecular formula is C27H32N2. The minimum atomic E-state index is 0.425. The number of pyridine rings is 1. The molecule has 0 amide bonds. The quantitative estimate of drug-likeness (QED) is 0.409. The van der Waals surface area contributed by atoms with E-state index in [0.717, 1.165) is 18.5 Å². The molecule has 1 atom stereocenters. The van der Waals surface area contributed by atoms with Gasteiger partial charge in [0.15, 0.2) is 0 Å². The molecule has 0 fully saturated rings. The summed E-state index contributed by atoms with van der Waals surface area (Å²) in [5.74, 6) is 0. The summed E-state index contributed by atoms with van der Waals surface area (Å²) in [4.78, 5) is 7.75. The lowest BCUT2D eigenvalue weighted by Gasteiger charge is -2.36. The molecular weight excluding hydrogens is 352 g/mol. The maximum absolute atomic E-state index is 5.16. The van der Waals surface area contributed by atoms with Crippen molar-refractivity contribution in [2.45, 2.75) is 65.0 Å². The van der Waals surface area contributed by atoms with Crippen LogP contribution in [0.2, 0.25) is 0 Å². The highest BCUT2D eigenvalue weighted by Crippen LogP contribution is 2.37. The Bertz CT molecular complexity index is 974. The number of hydrogen-bond acceptors (Lipinski definition) is 2. The first-order valence-corrected chi connectivity index (χ1v) is 11.2. The van der Waals surface area contributed by atoms with Crippen LogP contribution in [0.25, 0.3) is 17.0 Å². The maximum atomic E-state index is 5.16. The number of aromatic nitrogens is 1. The Morgan fingerprint density at radius 2 is 1.69 bits per heavy atom. The summed E-state index contributed by atoms with van der Waals surface area (Å²) in [6, 6.07) is 20.2. The molecule has 2 aromatic carbocycles. The summed E-state index contributed by atoms with van der Waals surface area (Å²) >= 11 is 0. The van der Waals surface area contributed by atoms with Crippen LogP contribution in [0.5, 0.6) is 0 Å². The largest absolute Gasteiger partial charge is 0.359 e. The van der Waals surface area contributed by atoms with Crippen LogP contribution in [0.4, 0.5) is 5.69 Å². The summed E-state index contributed by atoms with van der Waals surface area (Å²) in [6.07, 6.45) is 11.8. The molecule has 0 saturated heterocycles. The van der Waals surface area contributed by atoms with Gasteiger partial charge in [-0.3, -0.25) is 4.98 Å². The molecule has 1 unspecified atom stereocenters. The molecule has 1 aliphatic heterocycles. The Balaban J connectivity index is 1.80. The first kappa shape index (κ1) is 19.7. The van der Waals surface area contributed by atoms with Crippen LogP contribution in [-0.4, -0.2) is 11.0 Å². The fourth-order valence-corrected chi connectivity index (χ4v) is 4.29. The van der Waals surface area contributed by atoms with E-state index in [2.05, 4.69) is 85.5 Å². The molecule has 0 aliphatic carbocycles. The average molecular weight is 385 g/mol. The zero-order valence-electron chi connectivity index (χ0n) is 17.8. The van der Waals surface area contributed by atoms with Crippen molar-refractivity contribution in [1.29, 1.82) is 0 Å². The van der Waals surface area contributed by atoms with Gasteiger partial charge in [0.1, 0.15) is 0 Å². The SMILES string of the molecule is CCCCc1ccc2ccc3c(c2n1)N(Cc1ccccc1)C(CCCC)C=C3. The summed E-state index contributed by atoms with van der Waals surface area (Å²) < 4.78 is 0. The van der Waals surface area contributed by atoms with Crippen molar-refractivity contribution in [3.8, 4) is 0 Å². The Labute approximate surface area is 175 Å². The number of aryl methyl sites for hydroxylation is 1. The molecule has 2 heterocycles. The van der Waals surface area contributed by atoms with Crippen molar-refractivity contribution >= 4 is 22.7 Å². The van der Waals surface area contributed by atoms with E-state index in [9.17, 15) is 0 Å². The molecule has 150 valence electrons.